The first-order valence-electron chi connectivity index (χ1n) is 6.29. The molecule has 1 unspecified atom stereocenters. The van der Waals surface area contributed by atoms with Gasteiger partial charge in [0.2, 0.25) is 0 Å². The van der Waals surface area contributed by atoms with Crippen molar-refractivity contribution in [3.63, 3.8) is 0 Å². The van der Waals surface area contributed by atoms with E-state index in [0.29, 0.717) is 31.9 Å². The Kier molecular flexibility index (Phi) is 4.65. The SMILES string of the molecule is O=C(CC(C(=O)[O-])N1CCOCC1)c1ccccc1. The van der Waals surface area contributed by atoms with Gasteiger partial charge in [-0.2, -0.15) is 0 Å². The highest BCUT2D eigenvalue weighted by atomic mass is 16.5. The highest BCUT2D eigenvalue weighted by Crippen LogP contribution is 2.12. The van der Waals surface area contributed by atoms with Gasteiger partial charge in [0.15, 0.2) is 5.78 Å². The van der Waals surface area contributed by atoms with E-state index in [9.17, 15) is 14.7 Å². The molecule has 1 aliphatic rings. The molecule has 0 saturated carbocycles. The van der Waals surface area contributed by atoms with E-state index < -0.39 is 12.0 Å². The Morgan fingerprint density at radius 3 is 2.42 bits per heavy atom. The quantitative estimate of drug-likeness (QED) is 0.682. The van der Waals surface area contributed by atoms with Crippen LogP contribution in [0.3, 0.4) is 0 Å². The first kappa shape index (κ1) is 13.7. The van der Waals surface area contributed by atoms with Crippen LogP contribution in [0.25, 0.3) is 0 Å². The minimum Gasteiger partial charge on any atom is -0.548 e. The maximum Gasteiger partial charge on any atom is 0.164 e. The molecule has 0 aliphatic carbocycles. The van der Waals surface area contributed by atoms with Crippen molar-refractivity contribution in [1.29, 1.82) is 0 Å². The lowest BCUT2D eigenvalue weighted by Crippen LogP contribution is -2.52. The largest absolute Gasteiger partial charge is 0.548 e. The van der Waals surface area contributed by atoms with Gasteiger partial charge in [0.05, 0.1) is 25.2 Å². The Hall–Kier alpha value is -1.72. The smallest absolute Gasteiger partial charge is 0.164 e. The summed E-state index contributed by atoms with van der Waals surface area (Å²) in [6.07, 6.45) is -0.0631. The van der Waals surface area contributed by atoms with Gasteiger partial charge in [0.25, 0.3) is 0 Å². The summed E-state index contributed by atoms with van der Waals surface area (Å²) in [5.74, 6) is -1.38. The molecule has 0 spiro atoms. The van der Waals surface area contributed by atoms with Crippen molar-refractivity contribution in [3.8, 4) is 0 Å². The van der Waals surface area contributed by atoms with Crippen LogP contribution in [-0.4, -0.2) is 49.0 Å². The average Bonchev–Trinajstić information content (AvgIpc) is 2.46. The lowest BCUT2D eigenvalue weighted by molar-refractivity contribution is -0.312. The van der Waals surface area contributed by atoms with Crippen molar-refractivity contribution in [2.75, 3.05) is 26.3 Å². The number of ketones is 1. The summed E-state index contributed by atoms with van der Waals surface area (Å²) >= 11 is 0. The van der Waals surface area contributed by atoms with Crippen LogP contribution in [0, 0.1) is 0 Å². The van der Waals surface area contributed by atoms with E-state index in [-0.39, 0.29) is 12.2 Å². The number of hydrogen-bond donors (Lipinski definition) is 0. The fourth-order valence-corrected chi connectivity index (χ4v) is 2.17. The second kappa shape index (κ2) is 6.45. The third-order valence-electron chi connectivity index (χ3n) is 3.23. The number of nitrogens with zero attached hydrogens (tertiary/aromatic N) is 1. The summed E-state index contributed by atoms with van der Waals surface area (Å²) in [5.41, 5.74) is 0.530. The van der Waals surface area contributed by atoms with E-state index in [1.807, 2.05) is 6.07 Å². The van der Waals surface area contributed by atoms with Crippen LogP contribution in [0.15, 0.2) is 30.3 Å². The molecule has 5 heteroatoms. The Balaban J connectivity index is 2.04. The van der Waals surface area contributed by atoms with E-state index in [1.54, 1.807) is 29.2 Å². The Labute approximate surface area is 111 Å². The molecule has 0 bridgehead atoms. The maximum atomic E-state index is 12.1. The standard InChI is InChI=1S/C14H17NO4/c16-13(11-4-2-1-3-5-11)10-12(14(17)18)15-6-8-19-9-7-15/h1-5,12H,6-10H2,(H,17,18)/p-1. The number of carbonyl (C=O) groups is 2. The lowest BCUT2D eigenvalue weighted by Gasteiger charge is -2.34. The van der Waals surface area contributed by atoms with Gasteiger partial charge in [-0.25, -0.2) is 0 Å². The number of carboxylic acid groups (broad SMARTS) is 1. The number of hydrogen-bond acceptors (Lipinski definition) is 5. The van der Waals surface area contributed by atoms with Crippen molar-refractivity contribution in [2.24, 2.45) is 0 Å². The molecule has 19 heavy (non-hydrogen) atoms. The maximum absolute atomic E-state index is 12.1. The van der Waals surface area contributed by atoms with Crippen molar-refractivity contribution in [2.45, 2.75) is 12.5 Å². The second-order valence-electron chi connectivity index (χ2n) is 4.48. The summed E-state index contributed by atoms with van der Waals surface area (Å²) in [6.45, 7) is 2.01. The molecule has 1 aromatic rings. The van der Waals surface area contributed by atoms with E-state index in [1.165, 1.54) is 0 Å². The van der Waals surface area contributed by atoms with Gasteiger partial charge in [0, 0.05) is 25.1 Å². The van der Waals surface area contributed by atoms with Gasteiger partial charge in [-0.3, -0.25) is 9.69 Å². The third kappa shape index (κ3) is 3.62. The number of carbonyl (C=O) groups excluding carboxylic acids is 2. The van der Waals surface area contributed by atoms with Crippen LogP contribution in [0.5, 0.6) is 0 Å². The van der Waals surface area contributed by atoms with Gasteiger partial charge >= 0.3 is 0 Å². The van der Waals surface area contributed by atoms with E-state index in [0.717, 1.165) is 0 Å². The molecule has 1 heterocycles. The van der Waals surface area contributed by atoms with Crippen molar-refractivity contribution >= 4 is 11.8 Å². The number of Topliss-reactive ketones (excluding diaryl/α,β-unsaturated/α-hetero) is 1. The summed E-state index contributed by atoms with van der Waals surface area (Å²) in [7, 11) is 0. The summed E-state index contributed by atoms with van der Waals surface area (Å²) in [5, 5.41) is 11.2. The number of carboxylic acids is 1. The van der Waals surface area contributed by atoms with Gasteiger partial charge < -0.3 is 14.6 Å². The Morgan fingerprint density at radius 2 is 1.84 bits per heavy atom. The molecule has 1 fully saturated rings. The summed E-state index contributed by atoms with van der Waals surface area (Å²) in [6, 6.07) is 7.83. The van der Waals surface area contributed by atoms with E-state index in [2.05, 4.69) is 0 Å². The fourth-order valence-electron chi connectivity index (χ4n) is 2.17. The number of aliphatic carboxylic acids is 1. The average molecular weight is 262 g/mol. The summed E-state index contributed by atoms with van der Waals surface area (Å²) in [4.78, 5) is 25.0. The van der Waals surface area contributed by atoms with Crippen LogP contribution < -0.4 is 5.11 Å². The minimum atomic E-state index is -1.20. The fraction of sp³-hybridized carbons (Fsp3) is 0.429. The first-order chi connectivity index (χ1) is 9.18. The van der Waals surface area contributed by atoms with Gasteiger partial charge in [-0.1, -0.05) is 30.3 Å². The van der Waals surface area contributed by atoms with Crippen LogP contribution in [0.2, 0.25) is 0 Å². The van der Waals surface area contributed by atoms with E-state index in [4.69, 9.17) is 4.74 Å². The van der Waals surface area contributed by atoms with Gasteiger partial charge in [-0.15, -0.1) is 0 Å². The topological polar surface area (TPSA) is 69.7 Å². The van der Waals surface area contributed by atoms with Gasteiger partial charge in [0.1, 0.15) is 0 Å². The molecule has 1 saturated heterocycles. The predicted molar refractivity (Wildman–Crippen MR) is 66.6 cm³/mol. The molecule has 1 aliphatic heterocycles. The zero-order valence-electron chi connectivity index (χ0n) is 10.6. The minimum absolute atomic E-state index is 0.0631. The monoisotopic (exact) mass is 262 g/mol. The van der Waals surface area contributed by atoms with Crippen LogP contribution in [0.1, 0.15) is 16.8 Å². The zero-order chi connectivity index (χ0) is 13.7. The number of ether oxygens (including phenoxy) is 1. The molecule has 1 aromatic carbocycles. The molecule has 0 radical (unpaired) electrons. The molecule has 2 rings (SSSR count). The Morgan fingerprint density at radius 1 is 1.21 bits per heavy atom. The number of morpholine rings is 1. The highest BCUT2D eigenvalue weighted by Gasteiger charge is 2.24. The van der Waals surface area contributed by atoms with Crippen LogP contribution in [0.4, 0.5) is 0 Å². The summed E-state index contributed by atoms with van der Waals surface area (Å²) < 4.78 is 5.18. The normalized spacial score (nSPS) is 17.9. The zero-order valence-corrected chi connectivity index (χ0v) is 10.6. The van der Waals surface area contributed by atoms with E-state index >= 15 is 0 Å². The van der Waals surface area contributed by atoms with Crippen molar-refractivity contribution in [3.05, 3.63) is 35.9 Å². The Bertz CT molecular complexity index is 440. The van der Waals surface area contributed by atoms with Crippen molar-refractivity contribution in [1.82, 2.24) is 4.90 Å². The highest BCUT2D eigenvalue weighted by molar-refractivity contribution is 5.98. The molecule has 1 atom stereocenters. The molecular formula is C14H16NO4-. The third-order valence-corrected chi connectivity index (χ3v) is 3.23. The van der Waals surface area contributed by atoms with Gasteiger partial charge in [-0.05, 0) is 0 Å². The van der Waals surface area contributed by atoms with Crippen LogP contribution >= 0.6 is 0 Å². The lowest BCUT2D eigenvalue weighted by atomic mass is 10.0. The second-order valence-corrected chi connectivity index (χ2v) is 4.48. The predicted octanol–water partition coefficient (Wildman–Crippen LogP) is -0.290. The van der Waals surface area contributed by atoms with Crippen molar-refractivity contribution < 1.29 is 19.4 Å². The first-order valence-corrected chi connectivity index (χ1v) is 6.29. The molecule has 0 N–H and O–H groups in total. The molecule has 102 valence electrons. The molecule has 5 nitrogen and oxygen atoms in total. The van der Waals surface area contributed by atoms with Crippen LogP contribution in [-0.2, 0) is 9.53 Å². The molecule has 0 amide bonds. The number of rotatable bonds is 5. The number of benzene rings is 1. The molecular weight excluding hydrogens is 246 g/mol. The molecule has 0 aromatic heterocycles.